The highest BCUT2D eigenvalue weighted by molar-refractivity contribution is 6.36. The summed E-state index contributed by atoms with van der Waals surface area (Å²) in [5, 5.41) is 9.82. The summed E-state index contributed by atoms with van der Waals surface area (Å²) in [4.78, 5) is 0. The Labute approximate surface area is 181 Å². The van der Waals surface area contributed by atoms with Crippen LogP contribution in [-0.2, 0) is 10.5 Å². The Morgan fingerprint density at radius 1 is 0.647 bits per heavy atom. The summed E-state index contributed by atoms with van der Waals surface area (Å²) in [6, 6.07) is 1.33. The minimum Gasteiger partial charge on any atom is -0.509 e. The molecule has 0 atom stereocenters. The predicted octanol–water partition coefficient (Wildman–Crippen LogP) is 5.30. The van der Waals surface area contributed by atoms with Gasteiger partial charge < -0.3 is 14.3 Å². The summed E-state index contributed by atoms with van der Waals surface area (Å²) >= 11 is 0. The number of alkyl halides is 1. The molecular formula is C19H4BF11O3. The molecule has 0 bridgehead atoms. The number of hydrogen-bond donors (Lipinski definition) is 1. The Bertz CT molecular complexity index is 1300. The second-order valence-corrected chi connectivity index (χ2v) is 6.72. The minimum atomic E-state index is -4.60. The van der Waals surface area contributed by atoms with Crippen molar-refractivity contribution in [3.05, 3.63) is 87.5 Å². The van der Waals surface area contributed by atoms with E-state index in [1.54, 1.807) is 0 Å². The molecule has 0 heterocycles. The van der Waals surface area contributed by atoms with Crippen molar-refractivity contribution in [2.75, 3.05) is 0 Å². The maximum absolute atomic E-state index is 15.9. The Morgan fingerprint density at radius 3 is 1.56 bits per heavy atom. The first-order valence-corrected chi connectivity index (χ1v) is 8.70. The van der Waals surface area contributed by atoms with Gasteiger partial charge in [0.05, 0.1) is 11.1 Å². The highest BCUT2D eigenvalue weighted by Gasteiger charge is 2.57. The van der Waals surface area contributed by atoms with E-state index in [1.807, 2.05) is 0 Å². The number of halogens is 11. The molecule has 3 aromatic carbocycles. The van der Waals surface area contributed by atoms with Crippen LogP contribution >= 0.6 is 0 Å². The number of benzene rings is 3. The number of rotatable bonds is 4. The molecule has 4 rings (SSSR count). The molecule has 0 spiro atoms. The van der Waals surface area contributed by atoms with Gasteiger partial charge in [-0.1, -0.05) is 0 Å². The van der Waals surface area contributed by atoms with Crippen LogP contribution in [0.1, 0.15) is 11.1 Å². The molecule has 1 aliphatic rings. The summed E-state index contributed by atoms with van der Waals surface area (Å²) in [7, 11) is -3.20. The van der Waals surface area contributed by atoms with E-state index in [2.05, 4.69) is 9.31 Å². The second kappa shape index (κ2) is 7.87. The van der Waals surface area contributed by atoms with Crippen LogP contribution in [0.3, 0.4) is 0 Å². The van der Waals surface area contributed by atoms with Gasteiger partial charge in [0.1, 0.15) is 11.6 Å². The molecule has 0 fully saturated rings. The Kier molecular flexibility index (Phi) is 5.52. The minimum absolute atomic E-state index is 0.286. The second-order valence-electron chi connectivity index (χ2n) is 6.72. The fraction of sp³-hybridized carbons (Fsp3) is 0.0526. The van der Waals surface area contributed by atoms with Gasteiger partial charge in [-0.25, -0.2) is 48.3 Å². The molecule has 0 saturated heterocycles. The Hall–Kier alpha value is -3.33. The molecule has 0 aromatic heterocycles. The van der Waals surface area contributed by atoms with Gasteiger partial charge in [0, 0.05) is 17.2 Å². The first-order valence-electron chi connectivity index (χ1n) is 8.70. The van der Waals surface area contributed by atoms with Crippen LogP contribution in [0.15, 0.2) is 18.2 Å². The third-order valence-corrected chi connectivity index (χ3v) is 4.81. The van der Waals surface area contributed by atoms with Crippen LogP contribution in [0.4, 0.5) is 48.3 Å². The van der Waals surface area contributed by atoms with E-state index in [0.29, 0.717) is 12.1 Å². The molecule has 178 valence electrons. The molecule has 34 heavy (non-hydrogen) atoms. The molecular weight excluding hydrogens is 496 g/mol. The average Bonchev–Trinajstić information content (AvgIpc) is 3.04. The standard InChI is InChI=1S/C19H4BF11O3/c21-4-1-2-5(22)6(3-4)33-20(32)34-19(31)9-7(11(23)15(27)17(29)13(9)25)8-10(19)14(26)18(30)16(28)12(8)24/h1-3,32H. The summed E-state index contributed by atoms with van der Waals surface area (Å²) in [6.45, 7) is 0. The van der Waals surface area contributed by atoms with Crippen molar-refractivity contribution in [1.82, 2.24) is 0 Å². The lowest BCUT2D eigenvalue weighted by Crippen LogP contribution is -2.38. The third kappa shape index (κ3) is 3.21. The van der Waals surface area contributed by atoms with Crippen LogP contribution in [0, 0.1) is 58.2 Å². The van der Waals surface area contributed by atoms with Crippen LogP contribution in [0.25, 0.3) is 11.1 Å². The molecule has 0 amide bonds. The van der Waals surface area contributed by atoms with Crippen molar-refractivity contribution in [3.8, 4) is 16.9 Å². The number of hydrogen-bond acceptors (Lipinski definition) is 3. The lowest BCUT2D eigenvalue weighted by Gasteiger charge is -2.25. The normalized spacial score (nSPS) is 13.6. The smallest absolute Gasteiger partial charge is 0.509 e. The van der Waals surface area contributed by atoms with Gasteiger partial charge >= 0.3 is 7.32 Å². The zero-order chi connectivity index (χ0) is 25.3. The lowest BCUT2D eigenvalue weighted by molar-refractivity contribution is -0.0619. The van der Waals surface area contributed by atoms with Gasteiger partial charge in [0.2, 0.25) is 0 Å². The quantitative estimate of drug-likeness (QED) is 0.229. The van der Waals surface area contributed by atoms with Crippen LogP contribution in [-0.4, -0.2) is 12.3 Å². The summed E-state index contributed by atoms with van der Waals surface area (Å²) in [5.74, 6) is -29.5. The zero-order valence-corrected chi connectivity index (χ0v) is 15.7. The third-order valence-electron chi connectivity index (χ3n) is 4.81. The first kappa shape index (κ1) is 23.8. The maximum atomic E-state index is 15.9. The molecule has 0 saturated carbocycles. The van der Waals surface area contributed by atoms with Gasteiger partial charge in [-0.3, -0.25) is 0 Å². The van der Waals surface area contributed by atoms with Crippen molar-refractivity contribution in [2.24, 2.45) is 0 Å². The highest BCUT2D eigenvalue weighted by Crippen LogP contribution is 2.56. The van der Waals surface area contributed by atoms with E-state index in [4.69, 9.17) is 0 Å². The van der Waals surface area contributed by atoms with E-state index in [0.717, 1.165) is 0 Å². The fourth-order valence-electron chi connectivity index (χ4n) is 3.42. The van der Waals surface area contributed by atoms with E-state index in [-0.39, 0.29) is 6.07 Å². The van der Waals surface area contributed by atoms with E-state index < -0.39 is 99.4 Å². The van der Waals surface area contributed by atoms with E-state index in [1.165, 1.54) is 0 Å². The topological polar surface area (TPSA) is 38.7 Å². The Balaban J connectivity index is 1.96. The van der Waals surface area contributed by atoms with Gasteiger partial charge in [-0.15, -0.1) is 0 Å². The SMILES string of the molecule is OB(Oc1cc(F)ccc1F)OC1(F)c2c(F)c(F)c(F)c(F)c2-c2c(F)c(F)c(F)c(F)c21. The first-order chi connectivity index (χ1) is 15.8. The van der Waals surface area contributed by atoms with E-state index >= 15 is 4.39 Å². The molecule has 0 aliphatic heterocycles. The van der Waals surface area contributed by atoms with Crippen molar-refractivity contribution in [2.45, 2.75) is 5.85 Å². The molecule has 3 aromatic rings. The summed E-state index contributed by atoms with van der Waals surface area (Å²) in [6.07, 6.45) is 0. The Morgan fingerprint density at radius 2 is 1.09 bits per heavy atom. The highest BCUT2D eigenvalue weighted by atomic mass is 19.2. The molecule has 0 unspecified atom stereocenters. The van der Waals surface area contributed by atoms with Gasteiger partial charge in [-0.2, -0.15) is 0 Å². The van der Waals surface area contributed by atoms with Crippen molar-refractivity contribution >= 4 is 7.32 Å². The predicted molar refractivity (Wildman–Crippen MR) is 89.5 cm³/mol. The molecule has 3 nitrogen and oxygen atoms in total. The number of fused-ring (bicyclic) bond motifs is 3. The molecule has 1 aliphatic carbocycles. The summed E-state index contributed by atoms with van der Waals surface area (Å²) in [5.41, 5.74) is -8.20. The van der Waals surface area contributed by atoms with Crippen molar-refractivity contribution in [1.29, 1.82) is 0 Å². The van der Waals surface area contributed by atoms with Crippen LogP contribution in [0.2, 0.25) is 0 Å². The fourth-order valence-corrected chi connectivity index (χ4v) is 3.42. The zero-order valence-electron chi connectivity index (χ0n) is 15.7. The van der Waals surface area contributed by atoms with Crippen molar-refractivity contribution < 1.29 is 62.6 Å². The van der Waals surface area contributed by atoms with Crippen LogP contribution in [0.5, 0.6) is 5.75 Å². The largest absolute Gasteiger partial charge is 0.713 e. The maximum Gasteiger partial charge on any atom is 0.713 e. The summed E-state index contributed by atoms with van der Waals surface area (Å²) < 4.78 is 164. The van der Waals surface area contributed by atoms with Crippen molar-refractivity contribution in [3.63, 3.8) is 0 Å². The van der Waals surface area contributed by atoms with E-state index in [9.17, 15) is 48.9 Å². The monoisotopic (exact) mass is 500 g/mol. The average molecular weight is 500 g/mol. The lowest BCUT2D eigenvalue weighted by atomic mass is 10.0. The molecule has 0 radical (unpaired) electrons. The molecule has 1 N–H and O–H groups in total. The molecule has 15 heteroatoms. The van der Waals surface area contributed by atoms with Gasteiger partial charge in [-0.05, 0) is 12.1 Å². The van der Waals surface area contributed by atoms with Gasteiger partial charge in [0.25, 0.3) is 5.85 Å². The van der Waals surface area contributed by atoms with Gasteiger partial charge in [0.15, 0.2) is 52.4 Å². The van der Waals surface area contributed by atoms with Crippen LogP contribution < -0.4 is 4.65 Å².